The lowest BCUT2D eigenvalue weighted by atomic mass is 9.93. The molecule has 0 aliphatic heterocycles. The molecule has 1 aliphatic rings. The van der Waals surface area contributed by atoms with Gasteiger partial charge >= 0.3 is 0 Å². The highest BCUT2D eigenvalue weighted by Gasteiger charge is 2.25. The highest BCUT2D eigenvalue weighted by molar-refractivity contribution is 5.94. The van der Waals surface area contributed by atoms with Gasteiger partial charge in [0.05, 0.1) is 12.2 Å². The summed E-state index contributed by atoms with van der Waals surface area (Å²) >= 11 is 0. The Labute approximate surface area is 145 Å². The minimum absolute atomic E-state index is 0.00586. The van der Waals surface area contributed by atoms with E-state index >= 15 is 0 Å². The highest BCUT2D eigenvalue weighted by Crippen LogP contribution is 2.24. The van der Waals surface area contributed by atoms with Gasteiger partial charge in [-0.3, -0.25) is 4.79 Å². The number of nitrogens with zero attached hydrogens (tertiary/aromatic N) is 1. The number of aliphatic hydroxyl groups excluding tert-OH is 1. The van der Waals surface area contributed by atoms with Crippen molar-refractivity contribution in [1.29, 1.82) is 0 Å². The third-order valence-corrected chi connectivity index (χ3v) is 4.84. The van der Waals surface area contributed by atoms with Crippen LogP contribution >= 0.6 is 0 Å². The molecule has 2 rings (SSSR count). The Hall–Kier alpha value is -1.39. The van der Waals surface area contributed by atoms with Crippen LogP contribution in [0.25, 0.3) is 0 Å². The fourth-order valence-electron chi connectivity index (χ4n) is 3.38. The number of benzene rings is 1. The Balaban J connectivity index is 2.03. The van der Waals surface area contributed by atoms with E-state index in [1.807, 2.05) is 43.0 Å². The Bertz CT molecular complexity index is 513. The molecular weight excluding hydrogens is 302 g/mol. The van der Waals surface area contributed by atoms with Crippen molar-refractivity contribution in [2.45, 2.75) is 70.4 Å². The topological polar surface area (TPSA) is 60.8 Å². The van der Waals surface area contributed by atoms with Crippen molar-refractivity contribution in [2.75, 3.05) is 13.2 Å². The lowest BCUT2D eigenvalue weighted by Gasteiger charge is -2.34. The van der Waals surface area contributed by atoms with Gasteiger partial charge in [-0.05, 0) is 57.2 Å². The van der Waals surface area contributed by atoms with E-state index in [1.165, 1.54) is 6.42 Å². The van der Waals surface area contributed by atoms with Crippen LogP contribution in [-0.4, -0.2) is 45.8 Å². The van der Waals surface area contributed by atoms with Gasteiger partial charge in [0.25, 0.3) is 5.91 Å². The molecule has 1 aromatic carbocycles. The van der Waals surface area contributed by atoms with Crippen LogP contribution in [0.3, 0.4) is 0 Å². The molecule has 0 radical (unpaired) electrons. The standard InChI is InChI=1S/C20H31NO3/c1-20(2,24)13-12-16-8-10-17(11-9-16)19(23)21(14-15-22)18-6-4-3-5-7-18/h8-11,18,22,24H,3-7,12-15H2,1-2H3. The highest BCUT2D eigenvalue weighted by atomic mass is 16.3. The molecule has 24 heavy (non-hydrogen) atoms. The van der Waals surface area contributed by atoms with Gasteiger partial charge in [-0.15, -0.1) is 0 Å². The summed E-state index contributed by atoms with van der Waals surface area (Å²) in [6, 6.07) is 7.94. The number of carbonyl (C=O) groups excluding carboxylic acids is 1. The van der Waals surface area contributed by atoms with Crippen LogP contribution in [0.5, 0.6) is 0 Å². The van der Waals surface area contributed by atoms with Crippen molar-refractivity contribution in [3.8, 4) is 0 Å². The van der Waals surface area contributed by atoms with Crippen molar-refractivity contribution in [3.63, 3.8) is 0 Å². The SMILES string of the molecule is CC(C)(O)CCc1ccc(C(=O)N(CCO)C2CCCCC2)cc1. The molecule has 2 N–H and O–H groups in total. The molecule has 0 atom stereocenters. The second-order valence-electron chi connectivity index (χ2n) is 7.52. The van der Waals surface area contributed by atoms with Crippen molar-refractivity contribution in [1.82, 2.24) is 4.90 Å². The molecule has 0 bridgehead atoms. The summed E-state index contributed by atoms with van der Waals surface area (Å²) in [6.07, 6.45) is 7.13. The number of carbonyl (C=O) groups is 1. The molecule has 4 nitrogen and oxygen atoms in total. The summed E-state index contributed by atoms with van der Waals surface area (Å²) in [7, 11) is 0. The molecule has 4 heteroatoms. The summed E-state index contributed by atoms with van der Waals surface area (Å²) < 4.78 is 0. The molecule has 1 amide bonds. The third kappa shape index (κ3) is 5.60. The Morgan fingerprint density at radius 2 is 1.79 bits per heavy atom. The first-order valence-electron chi connectivity index (χ1n) is 9.14. The van der Waals surface area contributed by atoms with Crippen molar-refractivity contribution >= 4 is 5.91 Å². The van der Waals surface area contributed by atoms with E-state index in [1.54, 1.807) is 0 Å². The van der Waals surface area contributed by atoms with Crippen molar-refractivity contribution in [3.05, 3.63) is 35.4 Å². The first-order valence-corrected chi connectivity index (χ1v) is 9.14. The fraction of sp³-hybridized carbons (Fsp3) is 0.650. The van der Waals surface area contributed by atoms with E-state index in [4.69, 9.17) is 0 Å². The maximum Gasteiger partial charge on any atom is 0.254 e. The molecular formula is C20H31NO3. The second-order valence-corrected chi connectivity index (χ2v) is 7.52. The van der Waals surface area contributed by atoms with E-state index in [0.29, 0.717) is 18.5 Å². The summed E-state index contributed by atoms with van der Waals surface area (Å²) in [6.45, 7) is 4.03. The van der Waals surface area contributed by atoms with Crippen molar-refractivity contribution in [2.24, 2.45) is 0 Å². The predicted octanol–water partition coefficient (Wildman–Crippen LogP) is 3.16. The Kier molecular flexibility index (Phi) is 6.81. The monoisotopic (exact) mass is 333 g/mol. The zero-order valence-corrected chi connectivity index (χ0v) is 15.0. The average Bonchev–Trinajstić information content (AvgIpc) is 2.58. The van der Waals surface area contributed by atoms with Gasteiger partial charge in [-0.1, -0.05) is 31.4 Å². The first kappa shape index (κ1) is 18.9. The molecule has 1 aromatic rings. The minimum Gasteiger partial charge on any atom is -0.395 e. The summed E-state index contributed by atoms with van der Waals surface area (Å²) in [5.74, 6) is 0.0185. The van der Waals surface area contributed by atoms with Crippen LogP contribution in [0.2, 0.25) is 0 Å². The molecule has 1 fully saturated rings. The lowest BCUT2D eigenvalue weighted by Crippen LogP contribution is -2.43. The molecule has 0 spiro atoms. The van der Waals surface area contributed by atoms with Gasteiger partial charge in [-0.2, -0.15) is 0 Å². The lowest BCUT2D eigenvalue weighted by molar-refractivity contribution is 0.0585. The predicted molar refractivity (Wildman–Crippen MR) is 96.1 cm³/mol. The maximum atomic E-state index is 12.8. The van der Waals surface area contributed by atoms with Crippen LogP contribution in [0.4, 0.5) is 0 Å². The van der Waals surface area contributed by atoms with Gasteiger partial charge in [0.1, 0.15) is 0 Å². The number of rotatable bonds is 7. The van der Waals surface area contributed by atoms with Crippen LogP contribution in [-0.2, 0) is 6.42 Å². The number of hydrogen-bond acceptors (Lipinski definition) is 3. The molecule has 0 aromatic heterocycles. The van der Waals surface area contributed by atoms with Crippen LogP contribution in [0.1, 0.15) is 68.3 Å². The van der Waals surface area contributed by atoms with Crippen molar-refractivity contribution < 1.29 is 15.0 Å². The molecule has 0 saturated heterocycles. The maximum absolute atomic E-state index is 12.8. The summed E-state index contributed by atoms with van der Waals surface area (Å²) in [4.78, 5) is 14.7. The normalized spacial score (nSPS) is 16.2. The van der Waals surface area contributed by atoms with E-state index in [0.717, 1.165) is 37.7 Å². The average molecular weight is 333 g/mol. The van der Waals surface area contributed by atoms with Crippen LogP contribution in [0.15, 0.2) is 24.3 Å². The summed E-state index contributed by atoms with van der Waals surface area (Å²) in [5, 5.41) is 19.1. The Morgan fingerprint density at radius 3 is 2.33 bits per heavy atom. The van der Waals surface area contributed by atoms with Crippen LogP contribution < -0.4 is 0 Å². The summed E-state index contributed by atoms with van der Waals surface area (Å²) in [5.41, 5.74) is 1.13. The van der Waals surface area contributed by atoms with E-state index in [-0.39, 0.29) is 18.6 Å². The van der Waals surface area contributed by atoms with Gasteiger partial charge in [0, 0.05) is 18.2 Å². The Morgan fingerprint density at radius 1 is 1.17 bits per heavy atom. The number of aliphatic hydroxyl groups is 2. The first-order chi connectivity index (χ1) is 11.4. The number of amides is 1. The number of hydrogen-bond donors (Lipinski definition) is 2. The van der Waals surface area contributed by atoms with E-state index in [2.05, 4.69) is 0 Å². The van der Waals surface area contributed by atoms with E-state index < -0.39 is 5.60 Å². The van der Waals surface area contributed by atoms with Gasteiger partial charge in [0.2, 0.25) is 0 Å². The smallest absolute Gasteiger partial charge is 0.254 e. The molecule has 0 unspecified atom stereocenters. The van der Waals surface area contributed by atoms with Gasteiger partial charge in [-0.25, -0.2) is 0 Å². The minimum atomic E-state index is -0.673. The third-order valence-electron chi connectivity index (χ3n) is 4.84. The zero-order chi connectivity index (χ0) is 17.6. The number of aryl methyl sites for hydroxylation is 1. The zero-order valence-electron chi connectivity index (χ0n) is 15.0. The van der Waals surface area contributed by atoms with Gasteiger partial charge in [0.15, 0.2) is 0 Å². The molecule has 134 valence electrons. The van der Waals surface area contributed by atoms with Crippen LogP contribution in [0, 0.1) is 0 Å². The largest absolute Gasteiger partial charge is 0.395 e. The van der Waals surface area contributed by atoms with E-state index in [9.17, 15) is 15.0 Å². The molecule has 1 aliphatic carbocycles. The fourth-order valence-corrected chi connectivity index (χ4v) is 3.38. The molecule has 1 saturated carbocycles. The molecule has 0 heterocycles. The quantitative estimate of drug-likeness (QED) is 0.806. The second kappa shape index (κ2) is 8.63. The van der Waals surface area contributed by atoms with Gasteiger partial charge < -0.3 is 15.1 Å².